The van der Waals surface area contributed by atoms with Crippen molar-refractivity contribution in [2.45, 2.75) is 19.8 Å². The van der Waals surface area contributed by atoms with Crippen molar-refractivity contribution in [2.24, 2.45) is 0 Å². The maximum absolute atomic E-state index is 9.75. The highest BCUT2D eigenvalue weighted by Crippen LogP contribution is 2.07. The highest BCUT2D eigenvalue weighted by Gasteiger charge is 2.20. The second kappa shape index (κ2) is 6.26. The second-order valence-electron chi connectivity index (χ2n) is 2.78. The summed E-state index contributed by atoms with van der Waals surface area (Å²) < 4.78 is 40.9. The van der Waals surface area contributed by atoms with E-state index in [0.717, 1.165) is 18.5 Å². The van der Waals surface area contributed by atoms with E-state index in [1.54, 1.807) is 12.5 Å². The molecule has 0 saturated heterocycles. The summed E-state index contributed by atoms with van der Waals surface area (Å²) in [5, 5.41) is 0. The monoisotopic (exact) mass is 223 g/mol. The Labute approximate surface area is 85.7 Å². The van der Waals surface area contributed by atoms with Crippen LogP contribution in [0.1, 0.15) is 19.8 Å². The molecule has 0 radical (unpaired) electrons. The zero-order valence-corrected chi connectivity index (χ0v) is 8.34. The van der Waals surface area contributed by atoms with Crippen molar-refractivity contribution in [2.75, 3.05) is 0 Å². The summed E-state index contributed by atoms with van der Waals surface area (Å²) in [6.45, 7) is 6.05. The Kier molecular flexibility index (Phi) is 5.73. The average molecular weight is 223 g/mol. The first-order chi connectivity index (χ1) is 6.84. The van der Waals surface area contributed by atoms with Crippen LogP contribution in [0.5, 0.6) is 0 Å². The molecule has 0 aliphatic carbocycles. The van der Waals surface area contributed by atoms with Gasteiger partial charge in [-0.1, -0.05) is 19.9 Å². The molecule has 0 bridgehead atoms. The van der Waals surface area contributed by atoms with Crippen molar-refractivity contribution < 1.29 is 17.3 Å². The van der Waals surface area contributed by atoms with E-state index in [2.05, 4.69) is 18.5 Å². The molecule has 1 aromatic heterocycles. The molecule has 0 fully saturated rings. The fraction of sp³-hybridized carbons (Fsp3) is 0.375. The lowest BCUT2D eigenvalue weighted by molar-refractivity contribution is 0.368. The highest BCUT2D eigenvalue weighted by atomic mass is 19.5. The third-order valence-electron chi connectivity index (χ3n) is 1.41. The van der Waals surface area contributed by atoms with Gasteiger partial charge in [0.25, 0.3) is 0 Å². The molecule has 1 rings (SSSR count). The van der Waals surface area contributed by atoms with Gasteiger partial charge in [-0.2, -0.15) is 0 Å². The Morgan fingerprint density at radius 1 is 1.40 bits per heavy atom. The Bertz CT molecular complexity index is 275. The maximum atomic E-state index is 9.75. The molecule has 86 valence electrons. The molecule has 7 heteroatoms. The molecule has 0 aromatic carbocycles. The number of halogens is 4. The van der Waals surface area contributed by atoms with Crippen molar-refractivity contribution in [3.63, 3.8) is 0 Å². The SMILES string of the molecule is C=C(CCC)n1ccnc1.F[B-](F)(F)F. The summed E-state index contributed by atoms with van der Waals surface area (Å²) in [6, 6.07) is 0. The molecule has 0 atom stereocenters. The Hall–Kier alpha value is -1.27. The normalized spacial score (nSPS) is 10.5. The predicted molar refractivity (Wildman–Crippen MR) is 52.7 cm³/mol. The fourth-order valence-corrected chi connectivity index (χ4v) is 0.864. The number of rotatable bonds is 3. The van der Waals surface area contributed by atoms with Gasteiger partial charge in [-0.15, -0.1) is 0 Å². The van der Waals surface area contributed by atoms with Crippen LogP contribution in [-0.2, 0) is 0 Å². The second-order valence-corrected chi connectivity index (χ2v) is 2.78. The first-order valence-electron chi connectivity index (χ1n) is 4.38. The Balaban J connectivity index is 0.000000336. The molecular weight excluding hydrogens is 211 g/mol. The van der Waals surface area contributed by atoms with Crippen molar-refractivity contribution in [3.8, 4) is 0 Å². The first kappa shape index (κ1) is 13.7. The summed E-state index contributed by atoms with van der Waals surface area (Å²) in [5.41, 5.74) is 1.11. The van der Waals surface area contributed by atoms with Crippen LogP contribution < -0.4 is 0 Å². The number of allylic oxidation sites excluding steroid dienone is 1. The van der Waals surface area contributed by atoms with Gasteiger partial charge in [-0.05, 0) is 6.42 Å². The van der Waals surface area contributed by atoms with E-state index in [1.807, 2.05) is 10.8 Å². The molecule has 0 aliphatic heterocycles. The molecule has 0 aliphatic rings. The van der Waals surface area contributed by atoms with Crippen LogP contribution in [-0.4, -0.2) is 16.8 Å². The molecule has 0 amide bonds. The van der Waals surface area contributed by atoms with E-state index >= 15 is 0 Å². The van der Waals surface area contributed by atoms with E-state index in [9.17, 15) is 17.3 Å². The lowest BCUT2D eigenvalue weighted by atomic mass is 10.3. The summed E-state index contributed by atoms with van der Waals surface area (Å²) in [5.74, 6) is 0. The molecule has 15 heavy (non-hydrogen) atoms. The Morgan fingerprint density at radius 2 is 1.93 bits per heavy atom. The van der Waals surface area contributed by atoms with E-state index in [1.165, 1.54) is 0 Å². The summed E-state index contributed by atoms with van der Waals surface area (Å²) in [7, 11) is -6.00. The van der Waals surface area contributed by atoms with Gasteiger partial charge in [0.05, 0.1) is 6.33 Å². The van der Waals surface area contributed by atoms with Crippen LogP contribution in [0.25, 0.3) is 5.70 Å². The van der Waals surface area contributed by atoms with Gasteiger partial charge in [-0.3, -0.25) is 0 Å². The largest absolute Gasteiger partial charge is 0.673 e. The number of imidazole rings is 1. The van der Waals surface area contributed by atoms with Gasteiger partial charge in [0, 0.05) is 18.1 Å². The predicted octanol–water partition coefficient (Wildman–Crippen LogP) is 3.45. The maximum Gasteiger partial charge on any atom is 0.673 e. The molecule has 2 nitrogen and oxygen atoms in total. The van der Waals surface area contributed by atoms with Crippen molar-refractivity contribution in [3.05, 3.63) is 25.3 Å². The van der Waals surface area contributed by atoms with Crippen LogP contribution >= 0.6 is 0 Å². The zero-order valence-electron chi connectivity index (χ0n) is 8.34. The minimum Gasteiger partial charge on any atom is -0.418 e. The van der Waals surface area contributed by atoms with E-state index in [4.69, 9.17) is 0 Å². The van der Waals surface area contributed by atoms with E-state index in [-0.39, 0.29) is 0 Å². The number of hydrogen-bond donors (Lipinski definition) is 0. The minimum absolute atomic E-state index is 1.04. The average Bonchev–Trinajstić information content (AvgIpc) is 2.52. The first-order valence-corrected chi connectivity index (χ1v) is 4.38. The van der Waals surface area contributed by atoms with Gasteiger partial charge in [0.1, 0.15) is 0 Å². The van der Waals surface area contributed by atoms with Crippen LogP contribution in [0.15, 0.2) is 25.3 Å². The quantitative estimate of drug-likeness (QED) is 0.566. The van der Waals surface area contributed by atoms with Crippen LogP contribution in [0, 0.1) is 0 Å². The van der Waals surface area contributed by atoms with Gasteiger partial charge in [0.15, 0.2) is 0 Å². The van der Waals surface area contributed by atoms with Crippen molar-refractivity contribution in [1.82, 2.24) is 9.55 Å². The molecule has 0 unspecified atom stereocenters. The van der Waals surface area contributed by atoms with Crippen molar-refractivity contribution in [1.29, 1.82) is 0 Å². The van der Waals surface area contributed by atoms with Gasteiger partial charge in [0.2, 0.25) is 0 Å². The third kappa shape index (κ3) is 9.05. The lowest BCUT2D eigenvalue weighted by Crippen LogP contribution is -2.02. The van der Waals surface area contributed by atoms with Crippen LogP contribution in [0.4, 0.5) is 17.3 Å². The third-order valence-corrected chi connectivity index (χ3v) is 1.41. The Morgan fingerprint density at radius 3 is 2.27 bits per heavy atom. The van der Waals surface area contributed by atoms with E-state index in [0.29, 0.717) is 0 Å². The number of aromatic nitrogens is 2. The van der Waals surface area contributed by atoms with Gasteiger partial charge >= 0.3 is 7.25 Å². The molecule has 1 heterocycles. The molecule has 0 saturated carbocycles. The summed E-state index contributed by atoms with van der Waals surface area (Å²) in [6.07, 6.45) is 7.63. The fourth-order valence-electron chi connectivity index (χ4n) is 0.864. The smallest absolute Gasteiger partial charge is 0.418 e. The van der Waals surface area contributed by atoms with Crippen molar-refractivity contribution >= 4 is 13.0 Å². The molecule has 0 N–H and O–H groups in total. The summed E-state index contributed by atoms with van der Waals surface area (Å²) in [4.78, 5) is 3.93. The van der Waals surface area contributed by atoms with Crippen LogP contribution in [0.3, 0.4) is 0 Å². The lowest BCUT2D eigenvalue weighted by Gasteiger charge is -2.02. The molecular formula is C8H12BF4N2-. The minimum atomic E-state index is -6.00. The van der Waals surface area contributed by atoms with Gasteiger partial charge in [-0.25, -0.2) is 4.98 Å². The zero-order chi connectivity index (χ0) is 11.9. The topological polar surface area (TPSA) is 17.8 Å². The molecule has 0 spiro atoms. The standard InChI is InChI=1S/C8H12N2.BF4/c1-3-4-8(2)10-6-5-9-7-10;2-1(3,4)5/h5-7H,2-4H2,1H3;/q;-1. The van der Waals surface area contributed by atoms with Gasteiger partial charge < -0.3 is 21.8 Å². The molecule has 1 aromatic rings. The summed E-state index contributed by atoms with van der Waals surface area (Å²) >= 11 is 0. The van der Waals surface area contributed by atoms with E-state index < -0.39 is 7.25 Å². The van der Waals surface area contributed by atoms with Crippen LogP contribution in [0.2, 0.25) is 0 Å². The number of hydrogen-bond acceptors (Lipinski definition) is 1. The number of nitrogens with zero attached hydrogens (tertiary/aromatic N) is 2. The highest BCUT2D eigenvalue weighted by molar-refractivity contribution is 6.50.